The van der Waals surface area contributed by atoms with Crippen LogP contribution >= 0.6 is 0 Å². The predicted octanol–water partition coefficient (Wildman–Crippen LogP) is 3.68. The largest absolute Gasteiger partial charge is 0.668 e. The minimum atomic E-state index is 0. The van der Waals surface area contributed by atoms with Crippen molar-refractivity contribution in [2.75, 3.05) is 38.6 Å². The number of aryl methyl sites for hydroxylation is 2. The van der Waals surface area contributed by atoms with Gasteiger partial charge in [-0.1, -0.05) is 26.7 Å². The fourth-order valence-electron chi connectivity index (χ4n) is 3.23. The van der Waals surface area contributed by atoms with Gasteiger partial charge in [0, 0.05) is 58.5 Å². The monoisotopic (exact) mass is 448 g/mol. The van der Waals surface area contributed by atoms with Gasteiger partial charge in [-0.3, -0.25) is 4.68 Å². The van der Waals surface area contributed by atoms with Gasteiger partial charge in [0.05, 0.1) is 11.1 Å². The summed E-state index contributed by atoms with van der Waals surface area (Å²) in [6.45, 7) is 8.73. The van der Waals surface area contributed by atoms with Gasteiger partial charge in [-0.05, 0) is 19.3 Å². The number of nitrogens with zero attached hydrogens (tertiary/aromatic N) is 7. The van der Waals surface area contributed by atoms with E-state index < -0.39 is 0 Å². The van der Waals surface area contributed by atoms with Crippen molar-refractivity contribution >= 4 is 17.0 Å². The van der Waals surface area contributed by atoms with Gasteiger partial charge in [-0.25, -0.2) is 4.98 Å². The van der Waals surface area contributed by atoms with Crippen LogP contribution in [-0.4, -0.2) is 59.5 Å². The van der Waals surface area contributed by atoms with Crippen molar-refractivity contribution in [3.05, 3.63) is 22.5 Å². The molecular weight excluding hydrogens is 415 g/mol. The van der Waals surface area contributed by atoms with Crippen LogP contribution in [0.25, 0.3) is 21.7 Å². The molecule has 149 valence electrons. The number of aromatic nitrogens is 4. The smallest absolute Gasteiger partial charge is 0.227 e. The third kappa shape index (κ3) is 6.45. The van der Waals surface area contributed by atoms with E-state index in [9.17, 15) is 0 Å². The Balaban J connectivity index is 0.000000557. The van der Waals surface area contributed by atoms with E-state index in [-0.39, 0.29) is 32.7 Å². The van der Waals surface area contributed by atoms with E-state index in [1.165, 1.54) is 19.3 Å². The van der Waals surface area contributed by atoms with Crippen molar-refractivity contribution in [2.45, 2.75) is 46.1 Å². The topological polar surface area (TPSA) is 75.0 Å². The van der Waals surface area contributed by atoms with Gasteiger partial charge >= 0.3 is 0 Å². The summed E-state index contributed by atoms with van der Waals surface area (Å²) in [5.74, 6) is 1.74. The van der Waals surface area contributed by atoms with Crippen LogP contribution in [0.2, 0.25) is 0 Å². The maximum absolute atomic E-state index is 4.77. The van der Waals surface area contributed by atoms with E-state index in [0.29, 0.717) is 6.04 Å². The first-order chi connectivity index (χ1) is 12.6. The Hall–Kier alpha value is -0.626. The molecular formula is C19H33N7Y-2. The quantitative estimate of drug-likeness (QED) is 0.718. The SMILES string of the molecule is CC.C[N-]C.Cc1nn(C)c2nc(N3CC[N-]CC3CC3CC3)ncc12.[Y]. The van der Waals surface area contributed by atoms with Crippen LogP contribution in [0.15, 0.2) is 6.20 Å². The third-order valence-corrected chi connectivity index (χ3v) is 4.59. The molecule has 2 aromatic heterocycles. The molecule has 1 aliphatic carbocycles. The molecule has 1 aliphatic heterocycles. The zero-order valence-electron chi connectivity index (χ0n) is 17.7. The Labute approximate surface area is 189 Å². The van der Waals surface area contributed by atoms with Crippen LogP contribution < -0.4 is 4.90 Å². The summed E-state index contributed by atoms with van der Waals surface area (Å²) in [5, 5.41) is 13.6. The second-order valence-corrected chi connectivity index (χ2v) is 6.72. The van der Waals surface area contributed by atoms with Crippen LogP contribution in [0.5, 0.6) is 0 Å². The molecule has 1 unspecified atom stereocenters. The minimum absolute atomic E-state index is 0. The van der Waals surface area contributed by atoms with Crippen LogP contribution in [0.3, 0.4) is 0 Å². The second-order valence-electron chi connectivity index (χ2n) is 6.72. The first-order valence-corrected chi connectivity index (χ1v) is 9.68. The van der Waals surface area contributed by atoms with E-state index in [1.54, 1.807) is 14.1 Å². The molecule has 2 aromatic rings. The van der Waals surface area contributed by atoms with Gasteiger partial charge in [0.15, 0.2) is 5.65 Å². The molecule has 0 bridgehead atoms. The van der Waals surface area contributed by atoms with Crippen molar-refractivity contribution in [2.24, 2.45) is 13.0 Å². The average molecular weight is 448 g/mol. The average Bonchev–Trinajstić information content (AvgIpc) is 3.43. The number of hydrogen-bond donors (Lipinski definition) is 0. The Kier molecular flexibility index (Phi) is 10.9. The van der Waals surface area contributed by atoms with E-state index in [4.69, 9.17) is 4.98 Å². The maximum atomic E-state index is 4.77. The summed E-state index contributed by atoms with van der Waals surface area (Å²) in [7, 11) is 5.44. The second kappa shape index (κ2) is 12.0. The number of fused-ring (bicyclic) bond motifs is 1. The van der Waals surface area contributed by atoms with Crippen LogP contribution in [-0.2, 0) is 39.8 Å². The minimum Gasteiger partial charge on any atom is -0.668 e. The zero-order chi connectivity index (χ0) is 19.1. The van der Waals surface area contributed by atoms with Gasteiger partial charge in [0.2, 0.25) is 5.95 Å². The fourth-order valence-corrected chi connectivity index (χ4v) is 3.23. The summed E-state index contributed by atoms with van der Waals surface area (Å²) >= 11 is 0. The molecule has 1 atom stereocenters. The predicted molar refractivity (Wildman–Crippen MR) is 109 cm³/mol. The third-order valence-electron chi connectivity index (χ3n) is 4.59. The summed E-state index contributed by atoms with van der Waals surface area (Å²) in [6.07, 6.45) is 5.91. The molecule has 1 radical (unpaired) electrons. The van der Waals surface area contributed by atoms with Crippen molar-refractivity contribution in [1.82, 2.24) is 19.7 Å². The van der Waals surface area contributed by atoms with Crippen LogP contribution in [0.1, 0.15) is 38.8 Å². The Bertz CT molecular complexity index is 684. The number of rotatable bonds is 3. The number of hydrogen-bond acceptors (Lipinski definition) is 4. The first-order valence-electron chi connectivity index (χ1n) is 9.68. The van der Waals surface area contributed by atoms with Gasteiger partial charge in [0.25, 0.3) is 0 Å². The molecule has 0 N–H and O–H groups in total. The molecule has 0 amide bonds. The van der Waals surface area contributed by atoms with E-state index in [1.807, 2.05) is 38.7 Å². The van der Waals surface area contributed by atoms with E-state index >= 15 is 0 Å². The van der Waals surface area contributed by atoms with Gasteiger partial charge in [0.1, 0.15) is 0 Å². The molecule has 2 aliphatic rings. The molecule has 4 rings (SSSR count). The van der Waals surface area contributed by atoms with Crippen molar-refractivity contribution < 1.29 is 32.7 Å². The number of piperazine rings is 1. The van der Waals surface area contributed by atoms with E-state index in [2.05, 4.69) is 25.6 Å². The van der Waals surface area contributed by atoms with Crippen molar-refractivity contribution in [3.63, 3.8) is 0 Å². The standard InChI is InChI=1S/C15H21N6.C2H6N.C2H6.Y/c1-10-13-9-17-15(18-14(13)20(2)19-10)21-6-5-16-8-12(21)7-11-3-4-11;1-3-2;1-2;/h9,11-12H,3-8H2,1-2H3;1-2H3;1-2H3;/q2*-1;;. The summed E-state index contributed by atoms with van der Waals surface area (Å²) in [4.78, 5) is 11.7. The normalized spacial score (nSPS) is 18.7. The molecule has 1 saturated heterocycles. The van der Waals surface area contributed by atoms with Crippen molar-refractivity contribution in [3.8, 4) is 0 Å². The Morgan fingerprint density at radius 2 is 1.93 bits per heavy atom. The van der Waals surface area contributed by atoms with Crippen LogP contribution in [0, 0.1) is 12.8 Å². The van der Waals surface area contributed by atoms with Gasteiger partial charge < -0.3 is 15.5 Å². The first kappa shape index (κ1) is 24.4. The molecule has 8 heteroatoms. The molecule has 7 nitrogen and oxygen atoms in total. The molecule has 1 saturated carbocycles. The Morgan fingerprint density at radius 1 is 1.26 bits per heavy atom. The molecule has 27 heavy (non-hydrogen) atoms. The molecule has 2 fully saturated rings. The summed E-state index contributed by atoms with van der Waals surface area (Å²) in [6, 6.07) is 0.470. The zero-order valence-corrected chi connectivity index (χ0v) is 20.5. The summed E-state index contributed by atoms with van der Waals surface area (Å²) < 4.78 is 1.85. The molecule has 3 heterocycles. The fraction of sp³-hybridized carbons (Fsp3) is 0.737. The van der Waals surface area contributed by atoms with Gasteiger partial charge in [-0.15, -0.1) is 13.1 Å². The molecule has 0 aromatic carbocycles. The van der Waals surface area contributed by atoms with Crippen LogP contribution in [0.4, 0.5) is 5.95 Å². The Morgan fingerprint density at radius 3 is 2.56 bits per heavy atom. The van der Waals surface area contributed by atoms with E-state index in [0.717, 1.165) is 48.2 Å². The van der Waals surface area contributed by atoms with Crippen molar-refractivity contribution in [1.29, 1.82) is 0 Å². The maximum Gasteiger partial charge on any atom is 0.227 e. The molecule has 0 spiro atoms. The number of anilines is 1. The summed E-state index contributed by atoms with van der Waals surface area (Å²) in [5.41, 5.74) is 1.91. The van der Waals surface area contributed by atoms with Gasteiger partial charge in [-0.2, -0.15) is 24.2 Å².